The normalized spacial score (nSPS) is 11.4. The third-order valence-electron chi connectivity index (χ3n) is 3.64. The molecule has 7 heteroatoms. The summed E-state index contributed by atoms with van der Waals surface area (Å²) in [6.07, 6.45) is -0.226. The van der Waals surface area contributed by atoms with Crippen molar-refractivity contribution < 1.29 is 23.8 Å². The van der Waals surface area contributed by atoms with E-state index in [1.165, 1.54) is 19.2 Å². The maximum atomic E-state index is 12.5. The molecule has 26 heavy (non-hydrogen) atoms. The lowest BCUT2D eigenvalue weighted by atomic mass is 10.2. The molecular formula is C19H20ClNO5. The maximum Gasteiger partial charge on any atom is 0.339 e. The second kappa shape index (κ2) is 9.10. The van der Waals surface area contributed by atoms with Gasteiger partial charge in [-0.05, 0) is 48.9 Å². The van der Waals surface area contributed by atoms with Crippen LogP contribution in [0.4, 0.5) is 5.69 Å². The molecule has 0 aliphatic rings. The SMILES string of the molecule is CC[C@@H](Oc1ccc(OC)cc1)C(=O)Nc1ccc(Cl)c(C(=O)OC)c1. The largest absolute Gasteiger partial charge is 0.497 e. The van der Waals surface area contributed by atoms with Crippen molar-refractivity contribution in [3.63, 3.8) is 0 Å². The zero-order valence-corrected chi connectivity index (χ0v) is 15.5. The zero-order valence-electron chi connectivity index (χ0n) is 14.7. The number of hydrogen-bond acceptors (Lipinski definition) is 5. The fourth-order valence-electron chi connectivity index (χ4n) is 2.23. The predicted octanol–water partition coefficient (Wildman–Crippen LogP) is 3.93. The molecule has 0 heterocycles. The lowest BCUT2D eigenvalue weighted by molar-refractivity contribution is -0.122. The second-order valence-corrected chi connectivity index (χ2v) is 5.77. The van der Waals surface area contributed by atoms with E-state index in [9.17, 15) is 9.59 Å². The number of carbonyl (C=O) groups is 2. The average molecular weight is 378 g/mol. The molecule has 0 fully saturated rings. The molecule has 138 valence electrons. The van der Waals surface area contributed by atoms with E-state index < -0.39 is 12.1 Å². The Labute approximate surface area is 157 Å². The highest BCUT2D eigenvalue weighted by atomic mass is 35.5. The summed E-state index contributed by atoms with van der Waals surface area (Å²) in [6, 6.07) is 11.6. The van der Waals surface area contributed by atoms with Crippen LogP contribution in [-0.2, 0) is 9.53 Å². The second-order valence-electron chi connectivity index (χ2n) is 5.37. The smallest absolute Gasteiger partial charge is 0.339 e. The van der Waals surface area contributed by atoms with E-state index in [1.807, 2.05) is 6.92 Å². The molecule has 0 saturated heterocycles. The van der Waals surface area contributed by atoms with Gasteiger partial charge in [0.1, 0.15) is 11.5 Å². The van der Waals surface area contributed by atoms with Crippen LogP contribution in [0, 0.1) is 0 Å². The van der Waals surface area contributed by atoms with Gasteiger partial charge in [-0.3, -0.25) is 4.79 Å². The molecule has 6 nitrogen and oxygen atoms in total. The first-order valence-electron chi connectivity index (χ1n) is 7.98. The van der Waals surface area contributed by atoms with Crippen molar-refractivity contribution in [3.05, 3.63) is 53.1 Å². The van der Waals surface area contributed by atoms with Gasteiger partial charge < -0.3 is 19.5 Å². The zero-order chi connectivity index (χ0) is 19.1. The van der Waals surface area contributed by atoms with Crippen LogP contribution in [0.2, 0.25) is 5.02 Å². The van der Waals surface area contributed by atoms with E-state index in [0.29, 0.717) is 23.6 Å². The van der Waals surface area contributed by atoms with Crippen molar-refractivity contribution in [1.82, 2.24) is 0 Å². The van der Waals surface area contributed by atoms with Crippen LogP contribution in [-0.4, -0.2) is 32.2 Å². The highest BCUT2D eigenvalue weighted by Gasteiger charge is 2.20. The van der Waals surface area contributed by atoms with Crippen molar-refractivity contribution in [1.29, 1.82) is 0 Å². The van der Waals surface area contributed by atoms with Gasteiger partial charge in [0, 0.05) is 5.69 Å². The van der Waals surface area contributed by atoms with Crippen LogP contribution in [0.15, 0.2) is 42.5 Å². The molecule has 0 aliphatic heterocycles. The monoisotopic (exact) mass is 377 g/mol. The first kappa shape index (κ1) is 19.6. The summed E-state index contributed by atoms with van der Waals surface area (Å²) >= 11 is 5.98. The van der Waals surface area contributed by atoms with Crippen LogP contribution < -0.4 is 14.8 Å². The number of amides is 1. The molecule has 0 unspecified atom stereocenters. The molecule has 1 N–H and O–H groups in total. The summed E-state index contributed by atoms with van der Waals surface area (Å²) in [7, 11) is 2.84. The number of esters is 1. The van der Waals surface area contributed by atoms with Gasteiger partial charge in [0.25, 0.3) is 5.91 Å². The number of anilines is 1. The van der Waals surface area contributed by atoms with Crippen LogP contribution >= 0.6 is 11.6 Å². The van der Waals surface area contributed by atoms with Crippen molar-refractivity contribution >= 4 is 29.2 Å². The summed E-state index contributed by atoms with van der Waals surface area (Å²) in [6.45, 7) is 1.84. The number of benzene rings is 2. The first-order valence-corrected chi connectivity index (χ1v) is 8.35. The van der Waals surface area contributed by atoms with Crippen LogP contribution in [0.25, 0.3) is 0 Å². The van der Waals surface area contributed by atoms with E-state index in [1.54, 1.807) is 37.4 Å². The Hall–Kier alpha value is -2.73. The van der Waals surface area contributed by atoms with Gasteiger partial charge in [-0.25, -0.2) is 4.79 Å². The minimum Gasteiger partial charge on any atom is -0.497 e. The highest BCUT2D eigenvalue weighted by molar-refractivity contribution is 6.33. The maximum absolute atomic E-state index is 12.5. The fourth-order valence-corrected chi connectivity index (χ4v) is 2.43. The summed E-state index contributed by atoms with van der Waals surface area (Å²) in [5, 5.41) is 2.97. The molecule has 2 aromatic carbocycles. The Bertz CT molecular complexity index is 776. The van der Waals surface area contributed by atoms with Crippen LogP contribution in [0.3, 0.4) is 0 Å². The first-order chi connectivity index (χ1) is 12.5. The number of halogens is 1. The molecule has 0 saturated carbocycles. The summed E-state index contributed by atoms with van der Waals surface area (Å²) in [5.41, 5.74) is 0.604. The molecule has 0 bridgehead atoms. The standard InChI is InChI=1S/C19H20ClNO5/c1-4-17(26-14-8-6-13(24-2)7-9-14)18(22)21-12-5-10-16(20)15(11-12)19(23)25-3/h5-11,17H,4H2,1-3H3,(H,21,22)/t17-/m1/s1. The number of methoxy groups -OCH3 is 2. The molecule has 0 aromatic heterocycles. The predicted molar refractivity (Wildman–Crippen MR) is 99.1 cm³/mol. The summed E-state index contributed by atoms with van der Waals surface area (Å²) < 4.78 is 15.5. The number of rotatable bonds is 7. The lowest BCUT2D eigenvalue weighted by Crippen LogP contribution is -2.32. The molecule has 1 amide bonds. The minimum atomic E-state index is -0.694. The third kappa shape index (κ3) is 4.89. The van der Waals surface area contributed by atoms with E-state index in [0.717, 1.165) is 0 Å². The van der Waals surface area contributed by atoms with E-state index in [-0.39, 0.29) is 16.5 Å². The Kier molecular flexibility index (Phi) is 6.86. The molecule has 0 radical (unpaired) electrons. The van der Waals surface area contributed by atoms with E-state index in [4.69, 9.17) is 21.1 Å². The Balaban J connectivity index is 2.09. The summed E-state index contributed by atoms with van der Waals surface area (Å²) in [5.74, 6) is 0.347. The van der Waals surface area contributed by atoms with Crippen LogP contribution in [0.5, 0.6) is 11.5 Å². The van der Waals surface area contributed by atoms with Crippen molar-refractivity contribution in [2.45, 2.75) is 19.4 Å². The van der Waals surface area contributed by atoms with Crippen molar-refractivity contribution in [3.8, 4) is 11.5 Å². The Morgan fingerprint density at radius 3 is 2.31 bits per heavy atom. The van der Waals surface area contributed by atoms with E-state index >= 15 is 0 Å². The number of ether oxygens (including phenoxy) is 3. The number of carbonyl (C=O) groups excluding carboxylic acids is 2. The van der Waals surface area contributed by atoms with Gasteiger partial charge in [-0.2, -0.15) is 0 Å². The number of hydrogen-bond donors (Lipinski definition) is 1. The molecule has 0 spiro atoms. The van der Waals surface area contributed by atoms with Gasteiger partial charge >= 0.3 is 5.97 Å². The van der Waals surface area contributed by atoms with Gasteiger partial charge in [-0.15, -0.1) is 0 Å². The molecule has 2 rings (SSSR count). The van der Waals surface area contributed by atoms with Gasteiger partial charge in [0.2, 0.25) is 0 Å². The Morgan fingerprint density at radius 1 is 1.08 bits per heavy atom. The molecule has 2 aromatic rings. The number of nitrogens with one attached hydrogen (secondary N) is 1. The molecule has 0 aliphatic carbocycles. The van der Waals surface area contributed by atoms with E-state index in [2.05, 4.69) is 10.1 Å². The fraction of sp³-hybridized carbons (Fsp3) is 0.263. The van der Waals surface area contributed by atoms with Gasteiger partial charge in [-0.1, -0.05) is 18.5 Å². The quantitative estimate of drug-likeness (QED) is 0.740. The minimum absolute atomic E-state index is 0.177. The molecule has 1 atom stereocenters. The van der Waals surface area contributed by atoms with Gasteiger partial charge in [0.15, 0.2) is 6.10 Å². The average Bonchev–Trinajstić information content (AvgIpc) is 2.67. The molecular weight excluding hydrogens is 358 g/mol. The topological polar surface area (TPSA) is 73.9 Å². The summed E-state index contributed by atoms with van der Waals surface area (Å²) in [4.78, 5) is 24.2. The third-order valence-corrected chi connectivity index (χ3v) is 3.97. The van der Waals surface area contributed by atoms with Crippen LogP contribution in [0.1, 0.15) is 23.7 Å². The highest BCUT2D eigenvalue weighted by Crippen LogP contribution is 2.23. The van der Waals surface area contributed by atoms with Crippen molar-refractivity contribution in [2.24, 2.45) is 0 Å². The van der Waals surface area contributed by atoms with Gasteiger partial charge in [0.05, 0.1) is 24.8 Å². The van der Waals surface area contributed by atoms with Crippen molar-refractivity contribution in [2.75, 3.05) is 19.5 Å². The lowest BCUT2D eigenvalue weighted by Gasteiger charge is -2.18. The Morgan fingerprint density at radius 2 is 1.73 bits per heavy atom.